The van der Waals surface area contributed by atoms with Crippen LogP contribution in [0, 0.1) is 5.41 Å². The summed E-state index contributed by atoms with van der Waals surface area (Å²) >= 11 is 0. The molecule has 0 aromatic rings. The molecule has 1 aliphatic rings. The Hall–Kier alpha value is -0.0800. The Balaban J connectivity index is 2.19. The molecule has 0 atom stereocenters. The van der Waals surface area contributed by atoms with Gasteiger partial charge in [-0.15, -0.1) is 0 Å². The summed E-state index contributed by atoms with van der Waals surface area (Å²) in [4.78, 5) is 2.72. The second-order valence-corrected chi connectivity index (χ2v) is 6.75. The predicted molar refractivity (Wildman–Crippen MR) is 80.8 cm³/mol. The van der Waals surface area contributed by atoms with Crippen molar-refractivity contribution in [2.45, 2.75) is 78.2 Å². The van der Waals surface area contributed by atoms with E-state index in [9.17, 15) is 0 Å². The van der Waals surface area contributed by atoms with Crippen LogP contribution >= 0.6 is 0 Å². The number of hydrogen-bond donors (Lipinski definition) is 1. The van der Waals surface area contributed by atoms with Crippen molar-refractivity contribution in [3.63, 3.8) is 0 Å². The quantitative estimate of drug-likeness (QED) is 0.668. The van der Waals surface area contributed by atoms with Gasteiger partial charge in [0.1, 0.15) is 0 Å². The Morgan fingerprint density at radius 1 is 1.11 bits per heavy atom. The van der Waals surface area contributed by atoms with Crippen molar-refractivity contribution in [1.82, 2.24) is 4.90 Å². The zero-order chi connectivity index (χ0) is 13.4. The van der Waals surface area contributed by atoms with Crippen molar-refractivity contribution in [2.24, 2.45) is 11.1 Å². The van der Waals surface area contributed by atoms with E-state index >= 15 is 0 Å². The van der Waals surface area contributed by atoms with Crippen LogP contribution in [0.3, 0.4) is 0 Å². The highest BCUT2D eigenvalue weighted by Gasteiger charge is 2.20. The van der Waals surface area contributed by atoms with Crippen molar-refractivity contribution in [3.05, 3.63) is 0 Å². The standard InChI is InChI=1S/C16H34N2/c1-4-18(15-10-6-5-7-11-15)13-9-8-12-16(2,3)14-17/h15H,4-14,17H2,1-3H3. The molecule has 0 saturated heterocycles. The van der Waals surface area contributed by atoms with Gasteiger partial charge in [0.05, 0.1) is 0 Å². The van der Waals surface area contributed by atoms with Gasteiger partial charge >= 0.3 is 0 Å². The van der Waals surface area contributed by atoms with Crippen LogP contribution in [0.5, 0.6) is 0 Å². The molecule has 2 heteroatoms. The number of nitrogens with two attached hydrogens (primary N) is 1. The Labute approximate surface area is 114 Å². The van der Waals surface area contributed by atoms with E-state index in [-0.39, 0.29) is 0 Å². The summed E-state index contributed by atoms with van der Waals surface area (Å²) in [6, 6.07) is 0.881. The van der Waals surface area contributed by atoms with Crippen LogP contribution in [0.15, 0.2) is 0 Å². The van der Waals surface area contributed by atoms with Crippen LogP contribution in [0.4, 0.5) is 0 Å². The lowest BCUT2D eigenvalue weighted by molar-refractivity contribution is 0.158. The molecule has 0 aliphatic heterocycles. The van der Waals surface area contributed by atoms with Crippen molar-refractivity contribution < 1.29 is 0 Å². The Kier molecular flexibility index (Phi) is 7.25. The van der Waals surface area contributed by atoms with E-state index < -0.39 is 0 Å². The molecule has 0 spiro atoms. The van der Waals surface area contributed by atoms with Crippen molar-refractivity contribution in [3.8, 4) is 0 Å². The van der Waals surface area contributed by atoms with Gasteiger partial charge < -0.3 is 10.6 Å². The van der Waals surface area contributed by atoms with Crippen LogP contribution in [0.25, 0.3) is 0 Å². The Morgan fingerprint density at radius 2 is 1.78 bits per heavy atom. The molecule has 1 rings (SSSR count). The minimum absolute atomic E-state index is 0.335. The van der Waals surface area contributed by atoms with Crippen molar-refractivity contribution >= 4 is 0 Å². The maximum Gasteiger partial charge on any atom is 0.00951 e. The van der Waals surface area contributed by atoms with Gasteiger partial charge in [-0.1, -0.05) is 46.5 Å². The third-order valence-electron chi connectivity index (χ3n) is 4.60. The fourth-order valence-corrected chi connectivity index (χ4v) is 3.07. The number of rotatable bonds is 8. The molecule has 2 N–H and O–H groups in total. The molecule has 0 radical (unpaired) electrons. The molecule has 0 aromatic heterocycles. The second-order valence-electron chi connectivity index (χ2n) is 6.75. The molecule has 1 fully saturated rings. The highest BCUT2D eigenvalue weighted by Crippen LogP contribution is 2.24. The lowest BCUT2D eigenvalue weighted by Gasteiger charge is -2.33. The molecule has 108 valence electrons. The van der Waals surface area contributed by atoms with Gasteiger partial charge in [0.2, 0.25) is 0 Å². The molecule has 2 nitrogen and oxygen atoms in total. The van der Waals surface area contributed by atoms with E-state index in [4.69, 9.17) is 5.73 Å². The molecule has 0 unspecified atom stereocenters. The lowest BCUT2D eigenvalue weighted by Crippen LogP contribution is -2.37. The summed E-state index contributed by atoms with van der Waals surface area (Å²) in [6.07, 6.45) is 11.2. The third-order valence-corrected chi connectivity index (χ3v) is 4.60. The summed E-state index contributed by atoms with van der Waals surface area (Å²) in [5.41, 5.74) is 6.12. The maximum absolute atomic E-state index is 5.78. The third kappa shape index (κ3) is 5.71. The maximum atomic E-state index is 5.78. The topological polar surface area (TPSA) is 29.3 Å². The zero-order valence-corrected chi connectivity index (χ0v) is 12.9. The second kappa shape index (κ2) is 8.16. The average molecular weight is 254 g/mol. The van der Waals surface area contributed by atoms with Crippen LogP contribution in [-0.4, -0.2) is 30.6 Å². The van der Waals surface area contributed by atoms with Crippen LogP contribution in [-0.2, 0) is 0 Å². The summed E-state index contributed by atoms with van der Waals surface area (Å²) in [5, 5.41) is 0. The molecule has 0 bridgehead atoms. The average Bonchev–Trinajstić information content (AvgIpc) is 2.40. The minimum atomic E-state index is 0.335. The molecule has 0 heterocycles. The molecule has 18 heavy (non-hydrogen) atoms. The van der Waals surface area contributed by atoms with Gasteiger partial charge in [0.25, 0.3) is 0 Å². The first kappa shape index (κ1) is 16.0. The van der Waals surface area contributed by atoms with Crippen LogP contribution in [0.1, 0.15) is 72.1 Å². The summed E-state index contributed by atoms with van der Waals surface area (Å²) in [5.74, 6) is 0. The summed E-state index contributed by atoms with van der Waals surface area (Å²) in [6.45, 7) is 10.2. The van der Waals surface area contributed by atoms with E-state index in [1.165, 1.54) is 64.5 Å². The first-order chi connectivity index (χ1) is 8.59. The largest absolute Gasteiger partial charge is 0.330 e. The molecule has 0 aromatic carbocycles. The number of hydrogen-bond acceptors (Lipinski definition) is 2. The molecular weight excluding hydrogens is 220 g/mol. The predicted octanol–water partition coefficient (Wildman–Crippen LogP) is 3.80. The van der Waals surface area contributed by atoms with E-state index in [1.807, 2.05) is 0 Å². The van der Waals surface area contributed by atoms with Crippen molar-refractivity contribution in [2.75, 3.05) is 19.6 Å². The van der Waals surface area contributed by atoms with Gasteiger partial charge in [-0.05, 0) is 50.7 Å². The first-order valence-electron chi connectivity index (χ1n) is 8.03. The number of nitrogens with zero attached hydrogens (tertiary/aromatic N) is 1. The molecule has 1 saturated carbocycles. The Morgan fingerprint density at radius 3 is 2.33 bits per heavy atom. The van der Waals surface area contributed by atoms with E-state index in [0.29, 0.717) is 5.41 Å². The van der Waals surface area contributed by atoms with Crippen LogP contribution in [0.2, 0.25) is 0 Å². The SMILES string of the molecule is CCN(CCCCC(C)(C)CN)C1CCCCC1. The normalized spacial score (nSPS) is 18.5. The molecule has 1 aliphatic carbocycles. The highest BCUT2D eigenvalue weighted by molar-refractivity contribution is 4.75. The van der Waals surface area contributed by atoms with E-state index in [1.54, 1.807) is 0 Å². The van der Waals surface area contributed by atoms with Gasteiger partial charge in [0.15, 0.2) is 0 Å². The monoisotopic (exact) mass is 254 g/mol. The van der Waals surface area contributed by atoms with Gasteiger partial charge in [0, 0.05) is 6.04 Å². The van der Waals surface area contributed by atoms with Crippen LogP contribution < -0.4 is 5.73 Å². The van der Waals surface area contributed by atoms with Gasteiger partial charge in [-0.25, -0.2) is 0 Å². The fourth-order valence-electron chi connectivity index (χ4n) is 3.07. The van der Waals surface area contributed by atoms with Gasteiger partial charge in [-0.2, -0.15) is 0 Å². The lowest BCUT2D eigenvalue weighted by atomic mass is 9.87. The zero-order valence-electron chi connectivity index (χ0n) is 12.9. The summed E-state index contributed by atoms with van der Waals surface area (Å²) < 4.78 is 0. The molecular formula is C16H34N2. The Bertz CT molecular complexity index is 207. The van der Waals surface area contributed by atoms with Crippen molar-refractivity contribution in [1.29, 1.82) is 0 Å². The van der Waals surface area contributed by atoms with Gasteiger partial charge in [-0.3, -0.25) is 0 Å². The number of unbranched alkanes of at least 4 members (excludes halogenated alkanes) is 1. The fraction of sp³-hybridized carbons (Fsp3) is 1.00. The minimum Gasteiger partial charge on any atom is -0.330 e. The highest BCUT2D eigenvalue weighted by atomic mass is 15.1. The first-order valence-corrected chi connectivity index (χ1v) is 8.03. The van der Waals surface area contributed by atoms with E-state index in [2.05, 4.69) is 25.7 Å². The van der Waals surface area contributed by atoms with E-state index in [0.717, 1.165) is 12.6 Å². The molecule has 0 amide bonds. The summed E-state index contributed by atoms with van der Waals surface area (Å²) in [7, 11) is 0. The smallest absolute Gasteiger partial charge is 0.00951 e.